The molecule has 8 nitrogen and oxygen atoms in total. The number of ether oxygens (including phenoxy) is 1. The summed E-state index contributed by atoms with van der Waals surface area (Å²) in [5.74, 6) is -1.37. The second-order valence-corrected chi connectivity index (χ2v) is 9.61. The maximum atomic E-state index is 13.2. The van der Waals surface area contributed by atoms with Gasteiger partial charge < -0.3 is 24.7 Å². The molecule has 10 heteroatoms. The first-order chi connectivity index (χ1) is 14.9. The van der Waals surface area contributed by atoms with E-state index in [1.54, 1.807) is 43.9 Å². The van der Waals surface area contributed by atoms with Crippen LogP contribution in [-0.4, -0.2) is 68.8 Å². The van der Waals surface area contributed by atoms with E-state index < -0.39 is 30.3 Å². The molecule has 0 aromatic heterocycles. The summed E-state index contributed by atoms with van der Waals surface area (Å²) in [5, 5.41) is 19.8. The smallest absolute Gasteiger partial charge is 0.410 e. The Kier molecular flexibility index (Phi) is 9.18. The molecular weight excluding hydrogens is 459 g/mol. The first-order valence-electron chi connectivity index (χ1n) is 10.5. The third kappa shape index (κ3) is 7.83. The van der Waals surface area contributed by atoms with Crippen LogP contribution < -0.4 is 0 Å². The fourth-order valence-electron chi connectivity index (χ4n) is 3.21. The third-order valence-electron chi connectivity index (χ3n) is 4.94. The first kappa shape index (κ1) is 26.2. The molecule has 0 saturated heterocycles. The highest BCUT2D eigenvalue weighted by atomic mass is 35.5. The van der Waals surface area contributed by atoms with Gasteiger partial charge in [-0.15, -0.1) is 0 Å². The average molecular weight is 489 g/mol. The van der Waals surface area contributed by atoms with Gasteiger partial charge in [-0.05, 0) is 45.2 Å². The molecule has 178 valence electrons. The zero-order chi connectivity index (χ0) is 24.1. The number of carbonyl (C=O) groups excluding carboxylic acids is 2. The van der Waals surface area contributed by atoms with Crippen LogP contribution in [0.1, 0.15) is 52.0 Å². The zero-order valence-corrected chi connectivity index (χ0v) is 20.0. The fraction of sp³-hybridized carbons (Fsp3) is 0.591. The van der Waals surface area contributed by atoms with Crippen LogP contribution in [0, 0.1) is 0 Å². The predicted molar refractivity (Wildman–Crippen MR) is 121 cm³/mol. The van der Waals surface area contributed by atoms with Gasteiger partial charge in [0.05, 0.1) is 29.1 Å². The lowest BCUT2D eigenvalue weighted by molar-refractivity contribution is -0.137. The monoisotopic (exact) mass is 488 g/mol. The average Bonchev–Trinajstić information content (AvgIpc) is 3.51. The Morgan fingerprint density at radius 3 is 2.41 bits per heavy atom. The molecule has 1 atom stereocenters. The molecule has 1 aliphatic rings. The van der Waals surface area contributed by atoms with Crippen molar-refractivity contribution in [2.75, 3.05) is 13.2 Å². The number of aliphatic hydroxyl groups excluding tert-OH is 1. The van der Waals surface area contributed by atoms with Crippen LogP contribution in [-0.2, 0) is 20.9 Å². The fourth-order valence-corrected chi connectivity index (χ4v) is 3.59. The zero-order valence-electron chi connectivity index (χ0n) is 18.5. The normalized spacial score (nSPS) is 14.6. The van der Waals surface area contributed by atoms with Crippen LogP contribution in [0.3, 0.4) is 0 Å². The van der Waals surface area contributed by atoms with E-state index in [4.69, 9.17) is 33.0 Å². The van der Waals surface area contributed by atoms with E-state index >= 15 is 0 Å². The SMILES string of the molecule is CC(C)(C)OC(=O)N(CCC(=O)O)C(CO)CC(=O)N(Cc1cccc(Cl)c1Cl)C1CC1. The standard InChI is InChI=1S/C22H30Cl2N2O6/c1-22(2,3)32-21(31)25(10-9-19(29)30)16(13-27)11-18(28)26(15-7-8-15)12-14-5-4-6-17(23)20(14)24/h4-6,15-16,27H,7-13H2,1-3H3,(H,29,30). The number of aliphatic carboxylic acids is 1. The highest BCUT2D eigenvalue weighted by Gasteiger charge is 2.36. The predicted octanol–water partition coefficient (Wildman–Crippen LogP) is 3.95. The highest BCUT2D eigenvalue weighted by Crippen LogP contribution is 2.33. The summed E-state index contributed by atoms with van der Waals surface area (Å²) in [6.07, 6.45) is 0.408. The second kappa shape index (κ2) is 11.2. The van der Waals surface area contributed by atoms with Gasteiger partial charge in [-0.3, -0.25) is 9.59 Å². The second-order valence-electron chi connectivity index (χ2n) is 8.82. The number of carboxylic acid groups (broad SMARTS) is 1. The molecule has 0 radical (unpaired) electrons. The van der Waals surface area contributed by atoms with Gasteiger partial charge in [0.25, 0.3) is 0 Å². The summed E-state index contributed by atoms with van der Waals surface area (Å²) < 4.78 is 5.37. The number of carbonyl (C=O) groups is 3. The summed E-state index contributed by atoms with van der Waals surface area (Å²) in [4.78, 5) is 39.7. The topological polar surface area (TPSA) is 107 Å². The number of hydrogen-bond donors (Lipinski definition) is 2. The van der Waals surface area contributed by atoms with Crippen LogP contribution in [0.15, 0.2) is 18.2 Å². The van der Waals surface area contributed by atoms with Crippen molar-refractivity contribution in [3.05, 3.63) is 33.8 Å². The quantitative estimate of drug-likeness (QED) is 0.516. The summed E-state index contributed by atoms with van der Waals surface area (Å²) in [6, 6.07) is 4.34. The van der Waals surface area contributed by atoms with Crippen molar-refractivity contribution in [1.29, 1.82) is 0 Å². The van der Waals surface area contributed by atoms with Crippen molar-refractivity contribution in [2.45, 2.75) is 70.7 Å². The maximum absolute atomic E-state index is 13.2. The summed E-state index contributed by atoms with van der Waals surface area (Å²) in [6.45, 7) is 4.60. The number of carboxylic acids is 1. The Bertz CT molecular complexity index is 838. The Labute approximate surface area is 198 Å². The molecular formula is C22H30Cl2N2O6. The van der Waals surface area contributed by atoms with E-state index in [9.17, 15) is 19.5 Å². The first-order valence-corrected chi connectivity index (χ1v) is 11.2. The van der Waals surface area contributed by atoms with Crippen LogP contribution in [0.2, 0.25) is 10.0 Å². The molecule has 0 aliphatic heterocycles. The molecule has 2 rings (SSSR count). The molecule has 1 unspecified atom stereocenters. The minimum absolute atomic E-state index is 0.0471. The lowest BCUT2D eigenvalue weighted by atomic mass is 10.1. The number of nitrogens with zero attached hydrogens (tertiary/aromatic N) is 2. The Morgan fingerprint density at radius 1 is 1.22 bits per heavy atom. The van der Waals surface area contributed by atoms with Crippen molar-refractivity contribution in [3.63, 3.8) is 0 Å². The lowest BCUT2D eigenvalue weighted by Gasteiger charge is -2.33. The Hall–Kier alpha value is -2.03. The minimum atomic E-state index is -1.10. The van der Waals surface area contributed by atoms with Crippen LogP contribution in [0.4, 0.5) is 4.79 Å². The molecule has 1 aromatic carbocycles. The van der Waals surface area contributed by atoms with Gasteiger partial charge in [0.2, 0.25) is 5.91 Å². The molecule has 1 fully saturated rings. The van der Waals surface area contributed by atoms with Gasteiger partial charge >= 0.3 is 12.1 Å². The van der Waals surface area contributed by atoms with E-state index in [0.717, 1.165) is 17.7 Å². The van der Waals surface area contributed by atoms with E-state index in [2.05, 4.69) is 0 Å². The highest BCUT2D eigenvalue weighted by molar-refractivity contribution is 6.42. The number of amides is 2. The summed E-state index contributed by atoms with van der Waals surface area (Å²) >= 11 is 12.4. The molecule has 1 saturated carbocycles. The summed E-state index contributed by atoms with van der Waals surface area (Å²) in [5.41, 5.74) is -0.110. The lowest BCUT2D eigenvalue weighted by Crippen LogP contribution is -2.48. The number of rotatable bonds is 10. The Morgan fingerprint density at radius 2 is 1.88 bits per heavy atom. The Balaban J connectivity index is 2.18. The number of aliphatic hydroxyl groups is 1. The molecule has 2 amide bonds. The van der Waals surface area contributed by atoms with Crippen molar-refractivity contribution in [2.24, 2.45) is 0 Å². The number of halogens is 2. The van der Waals surface area contributed by atoms with E-state index in [1.165, 1.54) is 0 Å². The molecule has 0 bridgehead atoms. The van der Waals surface area contributed by atoms with Crippen molar-refractivity contribution < 1.29 is 29.3 Å². The number of hydrogen-bond acceptors (Lipinski definition) is 5. The molecule has 0 spiro atoms. The van der Waals surface area contributed by atoms with Gasteiger partial charge in [0.15, 0.2) is 0 Å². The van der Waals surface area contributed by atoms with Gasteiger partial charge in [0.1, 0.15) is 5.60 Å². The van der Waals surface area contributed by atoms with Crippen LogP contribution in [0.5, 0.6) is 0 Å². The van der Waals surface area contributed by atoms with Gasteiger partial charge in [0, 0.05) is 25.6 Å². The molecule has 1 aliphatic carbocycles. The molecule has 32 heavy (non-hydrogen) atoms. The van der Waals surface area contributed by atoms with Crippen molar-refractivity contribution in [3.8, 4) is 0 Å². The van der Waals surface area contributed by atoms with Crippen LogP contribution >= 0.6 is 23.2 Å². The largest absolute Gasteiger partial charge is 0.481 e. The number of benzene rings is 1. The van der Waals surface area contributed by atoms with E-state index in [1.807, 2.05) is 0 Å². The van der Waals surface area contributed by atoms with Gasteiger partial charge in [-0.25, -0.2) is 4.79 Å². The van der Waals surface area contributed by atoms with E-state index in [0.29, 0.717) is 15.6 Å². The molecule has 1 aromatic rings. The van der Waals surface area contributed by atoms with Gasteiger partial charge in [-0.1, -0.05) is 35.3 Å². The summed E-state index contributed by atoms with van der Waals surface area (Å²) in [7, 11) is 0. The third-order valence-corrected chi connectivity index (χ3v) is 5.79. The van der Waals surface area contributed by atoms with Crippen molar-refractivity contribution in [1.82, 2.24) is 9.80 Å². The van der Waals surface area contributed by atoms with E-state index in [-0.39, 0.29) is 37.9 Å². The molecule has 2 N–H and O–H groups in total. The minimum Gasteiger partial charge on any atom is -0.481 e. The maximum Gasteiger partial charge on any atom is 0.410 e. The molecule has 0 heterocycles. The van der Waals surface area contributed by atoms with Crippen molar-refractivity contribution >= 4 is 41.2 Å². The van der Waals surface area contributed by atoms with Gasteiger partial charge in [-0.2, -0.15) is 0 Å². The van der Waals surface area contributed by atoms with Crippen LogP contribution in [0.25, 0.3) is 0 Å².